The van der Waals surface area contributed by atoms with E-state index in [1.165, 1.54) is 0 Å². The highest BCUT2D eigenvalue weighted by molar-refractivity contribution is 5.95. The molecule has 0 aliphatic carbocycles. The fraction of sp³-hybridized carbons (Fsp3) is 0.714. The first-order chi connectivity index (χ1) is 9.08. The number of rotatable bonds is 5. The number of aryl methyl sites for hydroxylation is 1. The molecule has 0 spiro atoms. The Hall–Kier alpha value is -1.36. The zero-order chi connectivity index (χ0) is 13.8. The van der Waals surface area contributed by atoms with Crippen molar-refractivity contribution < 1.29 is 9.53 Å². The molecule has 1 aromatic heterocycles. The lowest BCUT2D eigenvalue weighted by molar-refractivity contribution is 0.0484. The number of aromatic amines is 1. The van der Waals surface area contributed by atoms with Gasteiger partial charge in [0.05, 0.1) is 17.9 Å². The third-order valence-corrected chi connectivity index (χ3v) is 3.54. The summed E-state index contributed by atoms with van der Waals surface area (Å²) in [6.45, 7) is 8.50. The molecule has 0 aromatic carbocycles. The number of carbonyl (C=O) groups is 1. The standard InChI is InChI=1S/C14H23N3O2/c1-10(2)5-7-19-12-4-6-17(9-12)14(18)13-8-15-16-11(13)3/h8,10,12H,4-7,9H2,1-3H3,(H,15,16)/t12-/m1/s1. The Labute approximate surface area is 114 Å². The van der Waals surface area contributed by atoms with Crippen molar-refractivity contribution in [2.45, 2.75) is 39.7 Å². The molecule has 106 valence electrons. The fourth-order valence-corrected chi connectivity index (χ4v) is 2.26. The highest BCUT2D eigenvalue weighted by Crippen LogP contribution is 2.17. The van der Waals surface area contributed by atoms with Gasteiger partial charge >= 0.3 is 0 Å². The summed E-state index contributed by atoms with van der Waals surface area (Å²) in [4.78, 5) is 14.1. The summed E-state index contributed by atoms with van der Waals surface area (Å²) in [5.41, 5.74) is 1.50. The molecule has 0 saturated carbocycles. The van der Waals surface area contributed by atoms with Crippen LogP contribution in [0.1, 0.15) is 42.7 Å². The first-order valence-electron chi connectivity index (χ1n) is 6.98. The zero-order valence-electron chi connectivity index (χ0n) is 12.0. The summed E-state index contributed by atoms with van der Waals surface area (Å²) in [5.74, 6) is 0.717. The molecule has 5 nitrogen and oxygen atoms in total. The molecule has 1 aromatic rings. The maximum absolute atomic E-state index is 12.3. The van der Waals surface area contributed by atoms with Crippen LogP contribution in [0.15, 0.2) is 6.20 Å². The number of nitrogens with one attached hydrogen (secondary N) is 1. The average molecular weight is 265 g/mol. The first-order valence-corrected chi connectivity index (χ1v) is 6.98. The molecule has 1 amide bonds. The number of H-pyrrole nitrogens is 1. The van der Waals surface area contributed by atoms with Crippen LogP contribution in [-0.4, -0.2) is 46.8 Å². The van der Waals surface area contributed by atoms with E-state index in [0.717, 1.165) is 31.7 Å². The molecule has 2 rings (SSSR count). The Morgan fingerprint density at radius 1 is 1.63 bits per heavy atom. The van der Waals surface area contributed by atoms with Gasteiger partial charge in [0.1, 0.15) is 0 Å². The SMILES string of the molecule is Cc1[nH]ncc1C(=O)N1CC[C@@H](OCCC(C)C)C1. The van der Waals surface area contributed by atoms with E-state index in [2.05, 4.69) is 24.0 Å². The number of hydrogen-bond donors (Lipinski definition) is 1. The van der Waals surface area contributed by atoms with Gasteiger partial charge in [-0.05, 0) is 25.7 Å². The number of aromatic nitrogens is 2. The predicted octanol–water partition coefficient (Wildman–Crippen LogP) is 2.00. The summed E-state index contributed by atoms with van der Waals surface area (Å²) in [6, 6.07) is 0. The summed E-state index contributed by atoms with van der Waals surface area (Å²) >= 11 is 0. The van der Waals surface area contributed by atoms with Gasteiger partial charge in [-0.1, -0.05) is 13.8 Å². The van der Waals surface area contributed by atoms with E-state index in [0.29, 0.717) is 18.0 Å². The number of amides is 1. The Kier molecular flexibility index (Phi) is 4.58. The maximum atomic E-state index is 12.3. The third kappa shape index (κ3) is 3.56. The van der Waals surface area contributed by atoms with E-state index >= 15 is 0 Å². The minimum atomic E-state index is 0.0567. The van der Waals surface area contributed by atoms with Crippen LogP contribution >= 0.6 is 0 Å². The van der Waals surface area contributed by atoms with Crippen molar-refractivity contribution in [2.75, 3.05) is 19.7 Å². The Morgan fingerprint density at radius 2 is 2.42 bits per heavy atom. The van der Waals surface area contributed by atoms with Crippen molar-refractivity contribution in [3.63, 3.8) is 0 Å². The maximum Gasteiger partial charge on any atom is 0.257 e. The lowest BCUT2D eigenvalue weighted by Crippen LogP contribution is -2.30. The first kappa shape index (κ1) is 14.1. The second-order valence-electron chi connectivity index (χ2n) is 5.62. The van der Waals surface area contributed by atoms with E-state index in [4.69, 9.17) is 4.74 Å². The van der Waals surface area contributed by atoms with Crippen LogP contribution in [0.3, 0.4) is 0 Å². The van der Waals surface area contributed by atoms with Crippen molar-refractivity contribution in [3.8, 4) is 0 Å². The summed E-state index contributed by atoms with van der Waals surface area (Å²) in [7, 11) is 0. The van der Waals surface area contributed by atoms with Gasteiger partial charge in [0.2, 0.25) is 0 Å². The van der Waals surface area contributed by atoms with Gasteiger partial charge in [0.25, 0.3) is 5.91 Å². The lowest BCUT2D eigenvalue weighted by Gasteiger charge is -2.16. The molecule has 1 atom stereocenters. The smallest absolute Gasteiger partial charge is 0.257 e. The largest absolute Gasteiger partial charge is 0.376 e. The third-order valence-electron chi connectivity index (χ3n) is 3.54. The number of hydrogen-bond acceptors (Lipinski definition) is 3. The van der Waals surface area contributed by atoms with Crippen LogP contribution in [0.2, 0.25) is 0 Å². The van der Waals surface area contributed by atoms with E-state index in [1.807, 2.05) is 11.8 Å². The molecule has 0 unspecified atom stereocenters. The Balaban J connectivity index is 1.82. The van der Waals surface area contributed by atoms with Crippen molar-refractivity contribution in [3.05, 3.63) is 17.5 Å². The molecular formula is C14H23N3O2. The molecule has 1 N–H and O–H groups in total. The number of nitrogens with zero attached hydrogens (tertiary/aromatic N) is 2. The van der Waals surface area contributed by atoms with Crippen LogP contribution in [0.25, 0.3) is 0 Å². The van der Waals surface area contributed by atoms with E-state index in [9.17, 15) is 4.79 Å². The highest BCUT2D eigenvalue weighted by Gasteiger charge is 2.28. The Bertz CT molecular complexity index is 428. The molecule has 5 heteroatoms. The van der Waals surface area contributed by atoms with E-state index in [1.54, 1.807) is 6.20 Å². The second-order valence-corrected chi connectivity index (χ2v) is 5.62. The second kappa shape index (κ2) is 6.19. The molecule has 1 aliphatic heterocycles. The van der Waals surface area contributed by atoms with Crippen LogP contribution in [0.4, 0.5) is 0 Å². The van der Waals surface area contributed by atoms with Gasteiger partial charge in [-0.3, -0.25) is 9.89 Å². The van der Waals surface area contributed by atoms with E-state index in [-0.39, 0.29) is 12.0 Å². The minimum absolute atomic E-state index is 0.0567. The van der Waals surface area contributed by atoms with Gasteiger partial charge in [-0.2, -0.15) is 5.10 Å². The number of ether oxygens (including phenoxy) is 1. The zero-order valence-corrected chi connectivity index (χ0v) is 12.0. The normalized spacial score (nSPS) is 19.4. The fourth-order valence-electron chi connectivity index (χ4n) is 2.26. The number of likely N-dealkylation sites (tertiary alicyclic amines) is 1. The molecule has 1 aliphatic rings. The molecule has 0 bridgehead atoms. The van der Waals surface area contributed by atoms with Crippen LogP contribution < -0.4 is 0 Å². The average Bonchev–Trinajstić information content (AvgIpc) is 2.97. The Morgan fingerprint density at radius 3 is 3.05 bits per heavy atom. The van der Waals surface area contributed by atoms with Crippen LogP contribution in [-0.2, 0) is 4.74 Å². The molecule has 19 heavy (non-hydrogen) atoms. The molecule has 1 saturated heterocycles. The van der Waals surface area contributed by atoms with Gasteiger partial charge in [0.15, 0.2) is 0 Å². The van der Waals surface area contributed by atoms with Gasteiger partial charge in [-0.25, -0.2) is 0 Å². The van der Waals surface area contributed by atoms with Crippen LogP contribution in [0.5, 0.6) is 0 Å². The van der Waals surface area contributed by atoms with Crippen LogP contribution in [0, 0.1) is 12.8 Å². The van der Waals surface area contributed by atoms with Gasteiger partial charge in [-0.15, -0.1) is 0 Å². The number of carbonyl (C=O) groups excluding carboxylic acids is 1. The summed E-state index contributed by atoms with van der Waals surface area (Å²) in [5, 5.41) is 6.70. The van der Waals surface area contributed by atoms with Gasteiger partial charge in [0, 0.05) is 25.4 Å². The molecule has 2 heterocycles. The van der Waals surface area contributed by atoms with Gasteiger partial charge < -0.3 is 9.64 Å². The predicted molar refractivity (Wildman–Crippen MR) is 73.0 cm³/mol. The monoisotopic (exact) mass is 265 g/mol. The minimum Gasteiger partial charge on any atom is -0.376 e. The van der Waals surface area contributed by atoms with Crippen molar-refractivity contribution in [1.29, 1.82) is 0 Å². The van der Waals surface area contributed by atoms with E-state index < -0.39 is 0 Å². The summed E-state index contributed by atoms with van der Waals surface area (Å²) < 4.78 is 5.82. The summed E-state index contributed by atoms with van der Waals surface area (Å²) in [6.07, 6.45) is 3.80. The molecular weight excluding hydrogens is 242 g/mol. The molecule has 0 radical (unpaired) electrons. The quantitative estimate of drug-likeness (QED) is 0.885. The molecule has 1 fully saturated rings. The van der Waals surface area contributed by atoms with Crippen molar-refractivity contribution in [2.24, 2.45) is 5.92 Å². The van der Waals surface area contributed by atoms with Crippen molar-refractivity contribution in [1.82, 2.24) is 15.1 Å². The topological polar surface area (TPSA) is 58.2 Å². The highest BCUT2D eigenvalue weighted by atomic mass is 16.5. The lowest BCUT2D eigenvalue weighted by atomic mass is 10.1. The van der Waals surface area contributed by atoms with Crippen molar-refractivity contribution >= 4 is 5.91 Å².